The van der Waals surface area contributed by atoms with Crippen molar-refractivity contribution in [1.82, 2.24) is 0 Å². The molecule has 0 aromatic heterocycles. The van der Waals surface area contributed by atoms with Crippen molar-refractivity contribution in [3.63, 3.8) is 0 Å². The van der Waals surface area contributed by atoms with E-state index in [4.69, 9.17) is 9.16 Å². The lowest BCUT2D eigenvalue weighted by Gasteiger charge is -2.40. The van der Waals surface area contributed by atoms with Gasteiger partial charge in [-0.3, -0.25) is 0 Å². The second kappa shape index (κ2) is 8.66. The van der Waals surface area contributed by atoms with Gasteiger partial charge >= 0.3 is 0 Å². The van der Waals surface area contributed by atoms with Crippen molar-refractivity contribution in [3.05, 3.63) is 95.7 Å². The Kier molecular flexibility index (Phi) is 6.27. The summed E-state index contributed by atoms with van der Waals surface area (Å²) in [6.07, 6.45) is 2.97. The summed E-state index contributed by atoms with van der Waals surface area (Å²) in [5.41, 5.74) is 5.92. The van der Waals surface area contributed by atoms with Crippen molar-refractivity contribution >= 4 is 18.7 Å². The van der Waals surface area contributed by atoms with E-state index < -0.39 is 8.32 Å². The molecule has 1 aliphatic rings. The van der Waals surface area contributed by atoms with Crippen LogP contribution >= 0.6 is 0 Å². The minimum Gasteiger partial charge on any atom is -0.397 e. The third-order valence-electron chi connectivity index (χ3n) is 5.07. The highest BCUT2D eigenvalue weighted by Gasteiger charge is 2.43. The fourth-order valence-corrected chi connectivity index (χ4v) is 7.71. The third kappa shape index (κ3) is 4.06. The highest BCUT2D eigenvalue weighted by Crippen LogP contribution is 2.31. The van der Waals surface area contributed by atoms with Crippen LogP contribution in [0.2, 0.25) is 0 Å². The molecule has 0 fully saturated rings. The molecular formula is C24H28O2Si. The predicted molar refractivity (Wildman–Crippen MR) is 116 cm³/mol. The number of benzene rings is 2. The minimum absolute atomic E-state index is 0.00488. The largest absolute Gasteiger partial charge is 0.397 e. The van der Waals surface area contributed by atoms with Gasteiger partial charge in [0, 0.05) is 7.11 Å². The summed E-state index contributed by atoms with van der Waals surface area (Å²) in [5, 5.41) is 2.51. The molecule has 0 N–H and O–H groups in total. The van der Waals surface area contributed by atoms with Gasteiger partial charge in [0.05, 0.1) is 12.7 Å². The summed E-state index contributed by atoms with van der Waals surface area (Å²) >= 11 is 0. The minimum atomic E-state index is -2.55. The molecule has 2 nitrogen and oxygen atoms in total. The van der Waals surface area contributed by atoms with Gasteiger partial charge in [0.2, 0.25) is 0 Å². The Bertz CT molecular complexity index is 798. The lowest BCUT2D eigenvalue weighted by molar-refractivity contribution is 0.195. The van der Waals surface area contributed by atoms with E-state index in [9.17, 15) is 0 Å². The van der Waals surface area contributed by atoms with E-state index in [0.29, 0.717) is 6.61 Å². The number of hydrogen-bond acceptors (Lipinski definition) is 2. The normalized spacial score (nSPS) is 19.4. The lowest BCUT2D eigenvalue weighted by Crippen LogP contribution is -2.63. The maximum atomic E-state index is 7.01. The third-order valence-corrected chi connectivity index (χ3v) is 8.92. The summed E-state index contributed by atoms with van der Waals surface area (Å²) in [7, 11) is -0.788. The number of rotatable bonds is 6. The first kappa shape index (κ1) is 19.6. The molecule has 27 heavy (non-hydrogen) atoms. The molecule has 3 heteroatoms. The first-order chi connectivity index (χ1) is 13.1. The first-order valence-corrected chi connectivity index (χ1v) is 11.4. The van der Waals surface area contributed by atoms with E-state index in [2.05, 4.69) is 92.9 Å². The molecule has 0 amide bonds. The smallest absolute Gasteiger partial charge is 0.281 e. The van der Waals surface area contributed by atoms with Gasteiger partial charge in [0.1, 0.15) is 0 Å². The van der Waals surface area contributed by atoms with Gasteiger partial charge in [-0.05, 0) is 41.8 Å². The molecule has 2 aromatic rings. The average molecular weight is 377 g/mol. The quantitative estimate of drug-likeness (QED) is 0.556. The Morgan fingerprint density at radius 3 is 2.11 bits per heavy atom. The van der Waals surface area contributed by atoms with E-state index in [1.54, 1.807) is 7.11 Å². The van der Waals surface area contributed by atoms with E-state index in [1.807, 2.05) is 0 Å². The Labute approximate surface area is 164 Å². The van der Waals surface area contributed by atoms with Gasteiger partial charge in [-0.2, -0.15) is 0 Å². The number of methoxy groups -OCH3 is 1. The summed E-state index contributed by atoms with van der Waals surface area (Å²) in [6.45, 7) is 8.93. The molecule has 140 valence electrons. The molecule has 1 heterocycles. The molecule has 1 aliphatic heterocycles. The molecule has 1 unspecified atom stereocenters. The van der Waals surface area contributed by atoms with Crippen molar-refractivity contribution in [1.29, 1.82) is 0 Å². The van der Waals surface area contributed by atoms with Crippen LogP contribution < -0.4 is 10.4 Å². The van der Waals surface area contributed by atoms with E-state index in [1.165, 1.54) is 21.5 Å². The van der Waals surface area contributed by atoms with Crippen LogP contribution in [0.5, 0.6) is 0 Å². The maximum Gasteiger partial charge on any atom is 0.281 e. The lowest BCUT2D eigenvalue weighted by atomic mass is 9.97. The van der Waals surface area contributed by atoms with Crippen LogP contribution in [-0.2, 0) is 9.16 Å². The summed E-state index contributed by atoms with van der Waals surface area (Å²) in [6, 6.07) is 21.3. The highest BCUT2D eigenvalue weighted by atomic mass is 28.4. The van der Waals surface area contributed by atoms with Crippen LogP contribution in [0.4, 0.5) is 0 Å². The van der Waals surface area contributed by atoms with Crippen LogP contribution in [-0.4, -0.2) is 28.1 Å². The second-order valence-corrected chi connectivity index (χ2v) is 10.2. The van der Waals surface area contributed by atoms with Crippen LogP contribution in [0.1, 0.15) is 20.3 Å². The van der Waals surface area contributed by atoms with Gasteiger partial charge in [-0.1, -0.05) is 84.6 Å². The SMILES string of the molecule is C=C(C)/C(=C/C)C1CC(COC)=C[Si](c2ccccc2)(c2ccccc2)O1. The van der Waals surface area contributed by atoms with Crippen LogP contribution in [0, 0.1) is 0 Å². The van der Waals surface area contributed by atoms with Crippen molar-refractivity contribution in [3.8, 4) is 0 Å². The Morgan fingerprint density at radius 1 is 1.11 bits per heavy atom. The van der Waals surface area contributed by atoms with Crippen molar-refractivity contribution in [2.45, 2.75) is 26.4 Å². The molecule has 0 saturated heterocycles. The molecular weight excluding hydrogens is 348 g/mol. The predicted octanol–water partition coefficient (Wildman–Crippen LogP) is 4.17. The topological polar surface area (TPSA) is 18.5 Å². The molecule has 2 aromatic carbocycles. The van der Waals surface area contributed by atoms with Crippen molar-refractivity contribution in [2.75, 3.05) is 13.7 Å². The molecule has 0 radical (unpaired) electrons. The van der Waals surface area contributed by atoms with Gasteiger partial charge in [0.25, 0.3) is 8.32 Å². The molecule has 1 atom stereocenters. The van der Waals surface area contributed by atoms with Crippen LogP contribution in [0.15, 0.2) is 95.7 Å². The Morgan fingerprint density at radius 2 is 1.67 bits per heavy atom. The van der Waals surface area contributed by atoms with E-state index in [-0.39, 0.29) is 6.10 Å². The molecule has 0 spiro atoms. The zero-order valence-corrected chi connectivity index (χ0v) is 17.4. The molecule has 3 rings (SSSR count). The number of hydrogen-bond donors (Lipinski definition) is 0. The van der Waals surface area contributed by atoms with Crippen molar-refractivity contribution < 1.29 is 9.16 Å². The average Bonchev–Trinajstić information content (AvgIpc) is 2.69. The number of ether oxygens (including phenoxy) is 1. The Hall–Kier alpha value is -2.20. The molecule has 0 saturated carbocycles. The van der Waals surface area contributed by atoms with Gasteiger partial charge < -0.3 is 9.16 Å². The fraction of sp³-hybridized carbons (Fsp3) is 0.250. The van der Waals surface area contributed by atoms with Crippen LogP contribution in [0.3, 0.4) is 0 Å². The van der Waals surface area contributed by atoms with Gasteiger partial charge in [-0.15, -0.1) is 0 Å². The monoisotopic (exact) mass is 376 g/mol. The second-order valence-electron chi connectivity index (χ2n) is 7.04. The molecule has 0 bridgehead atoms. The zero-order chi connectivity index (χ0) is 19.3. The highest BCUT2D eigenvalue weighted by molar-refractivity contribution is 7.01. The maximum absolute atomic E-state index is 7.01. The summed E-state index contributed by atoms with van der Waals surface area (Å²) in [5.74, 6) is 0. The van der Waals surface area contributed by atoms with Gasteiger partial charge in [0.15, 0.2) is 0 Å². The summed E-state index contributed by atoms with van der Waals surface area (Å²) < 4.78 is 12.5. The van der Waals surface area contributed by atoms with E-state index in [0.717, 1.165) is 12.0 Å². The van der Waals surface area contributed by atoms with E-state index >= 15 is 0 Å². The summed E-state index contributed by atoms with van der Waals surface area (Å²) in [4.78, 5) is 0. The standard InChI is InChI=1S/C24H28O2Si/c1-5-23(19(2)3)24-16-20(17-25-4)18-27(26-24,21-12-8-6-9-13-21)22-14-10-7-11-15-22/h5-15,18,24H,2,16-17H2,1,3-4H3/b23-5-. The number of allylic oxidation sites excluding steroid dienone is 1. The zero-order valence-electron chi connectivity index (χ0n) is 16.4. The molecule has 0 aliphatic carbocycles. The van der Waals surface area contributed by atoms with Crippen LogP contribution in [0.25, 0.3) is 0 Å². The van der Waals surface area contributed by atoms with Gasteiger partial charge in [-0.25, -0.2) is 0 Å². The fourth-order valence-electron chi connectivity index (χ4n) is 3.89. The van der Waals surface area contributed by atoms with Crippen molar-refractivity contribution in [2.24, 2.45) is 0 Å². The Balaban J connectivity index is 2.21. The first-order valence-electron chi connectivity index (χ1n) is 9.41.